The zero-order valence-electron chi connectivity index (χ0n) is 10.7. The van der Waals surface area contributed by atoms with E-state index in [1.807, 2.05) is 0 Å². The van der Waals surface area contributed by atoms with Gasteiger partial charge in [0.1, 0.15) is 5.75 Å². The third-order valence-electron chi connectivity index (χ3n) is 2.40. The fourth-order valence-electron chi connectivity index (χ4n) is 1.36. The quantitative estimate of drug-likeness (QED) is 0.622. The standard InChI is InChI=1S/C12H15BrN2O5/c1-20-10-6-7(2-3-8(10)13)15-12(19)14-5-4-9(16)11(17)18/h2-3,6,9,16H,4-5H2,1H3,(H,17,18)(H2,14,15,19). The number of carboxylic acid groups (broad SMARTS) is 1. The number of aliphatic hydroxyl groups is 1. The van der Waals surface area contributed by atoms with Crippen LogP contribution in [0.2, 0.25) is 0 Å². The summed E-state index contributed by atoms with van der Waals surface area (Å²) in [6.45, 7) is 0.0486. The molecule has 1 atom stereocenters. The first-order valence-electron chi connectivity index (χ1n) is 5.73. The molecule has 0 saturated carbocycles. The fourth-order valence-corrected chi connectivity index (χ4v) is 1.77. The molecule has 0 fully saturated rings. The molecule has 4 N–H and O–H groups in total. The molecule has 2 amide bonds. The van der Waals surface area contributed by atoms with Gasteiger partial charge >= 0.3 is 12.0 Å². The third kappa shape index (κ3) is 5.06. The number of nitrogens with one attached hydrogen (secondary N) is 2. The molecule has 0 bridgehead atoms. The van der Waals surface area contributed by atoms with Gasteiger partial charge in [-0.3, -0.25) is 0 Å². The number of amides is 2. The Morgan fingerprint density at radius 2 is 2.15 bits per heavy atom. The number of ether oxygens (including phenoxy) is 1. The van der Waals surface area contributed by atoms with Crippen molar-refractivity contribution in [1.82, 2.24) is 5.32 Å². The summed E-state index contributed by atoms with van der Waals surface area (Å²) >= 11 is 3.29. The number of carbonyl (C=O) groups excluding carboxylic acids is 1. The molecule has 7 nitrogen and oxygen atoms in total. The lowest BCUT2D eigenvalue weighted by molar-refractivity contribution is -0.146. The van der Waals surface area contributed by atoms with E-state index in [0.717, 1.165) is 4.47 Å². The van der Waals surface area contributed by atoms with Crippen LogP contribution >= 0.6 is 15.9 Å². The smallest absolute Gasteiger partial charge is 0.332 e. The Hall–Kier alpha value is -1.80. The molecule has 20 heavy (non-hydrogen) atoms. The molecule has 1 rings (SSSR count). The van der Waals surface area contributed by atoms with Crippen LogP contribution in [0.4, 0.5) is 10.5 Å². The van der Waals surface area contributed by atoms with E-state index in [1.54, 1.807) is 18.2 Å². The molecule has 0 spiro atoms. The molecule has 0 aromatic heterocycles. The molecule has 0 heterocycles. The maximum atomic E-state index is 11.5. The summed E-state index contributed by atoms with van der Waals surface area (Å²) in [5.41, 5.74) is 0.529. The van der Waals surface area contributed by atoms with Crippen molar-refractivity contribution in [2.45, 2.75) is 12.5 Å². The summed E-state index contributed by atoms with van der Waals surface area (Å²) in [5, 5.41) is 22.5. The lowest BCUT2D eigenvalue weighted by Crippen LogP contribution is -2.33. The van der Waals surface area contributed by atoms with Gasteiger partial charge in [-0.05, 0) is 28.1 Å². The molecule has 1 aromatic carbocycles. The maximum Gasteiger partial charge on any atom is 0.332 e. The Kier molecular flexibility index (Phi) is 6.26. The number of hydrogen-bond acceptors (Lipinski definition) is 4. The first kappa shape index (κ1) is 16.3. The predicted molar refractivity (Wildman–Crippen MR) is 76.0 cm³/mol. The van der Waals surface area contributed by atoms with E-state index in [9.17, 15) is 9.59 Å². The van der Waals surface area contributed by atoms with Crippen molar-refractivity contribution >= 4 is 33.6 Å². The summed E-state index contributed by atoms with van der Waals surface area (Å²) in [6, 6.07) is 4.54. The van der Waals surface area contributed by atoms with Gasteiger partial charge in [-0.2, -0.15) is 0 Å². The minimum Gasteiger partial charge on any atom is -0.495 e. The van der Waals surface area contributed by atoms with E-state index in [4.69, 9.17) is 14.9 Å². The van der Waals surface area contributed by atoms with E-state index in [-0.39, 0.29) is 13.0 Å². The summed E-state index contributed by atoms with van der Waals surface area (Å²) in [5.74, 6) is -0.742. The van der Waals surface area contributed by atoms with Gasteiger partial charge in [-0.25, -0.2) is 9.59 Å². The number of aliphatic carboxylic acids is 1. The van der Waals surface area contributed by atoms with E-state index < -0.39 is 18.1 Å². The van der Waals surface area contributed by atoms with Gasteiger partial charge < -0.3 is 25.6 Å². The molecular weight excluding hydrogens is 332 g/mol. The van der Waals surface area contributed by atoms with Gasteiger partial charge in [-0.15, -0.1) is 0 Å². The molecule has 0 radical (unpaired) electrons. The lowest BCUT2D eigenvalue weighted by atomic mass is 10.2. The van der Waals surface area contributed by atoms with Gasteiger partial charge in [0.25, 0.3) is 0 Å². The van der Waals surface area contributed by atoms with Crippen molar-refractivity contribution < 1.29 is 24.5 Å². The number of carboxylic acids is 1. The van der Waals surface area contributed by atoms with Crippen molar-refractivity contribution in [1.29, 1.82) is 0 Å². The number of urea groups is 1. The maximum absolute atomic E-state index is 11.5. The molecular formula is C12H15BrN2O5. The topological polar surface area (TPSA) is 108 Å². The van der Waals surface area contributed by atoms with E-state index in [2.05, 4.69) is 26.6 Å². The molecule has 1 unspecified atom stereocenters. The second-order valence-electron chi connectivity index (χ2n) is 3.87. The van der Waals surface area contributed by atoms with Crippen LogP contribution in [0.3, 0.4) is 0 Å². The first-order valence-corrected chi connectivity index (χ1v) is 6.52. The van der Waals surface area contributed by atoms with E-state index >= 15 is 0 Å². The first-order chi connectivity index (χ1) is 9.43. The highest BCUT2D eigenvalue weighted by Gasteiger charge is 2.13. The SMILES string of the molecule is COc1cc(NC(=O)NCCC(O)C(=O)O)ccc1Br. The minimum atomic E-state index is -1.48. The monoisotopic (exact) mass is 346 g/mol. The summed E-state index contributed by atoms with van der Waals surface area (Å²) < 4.78 is 5.85. The van der Waals surface area contributed by atoms with Crippen LogP contribution in [0.5, 0.6) is 5.75 Å². The number of halogens is 1. The number of aliphatic hydroxyl groups excluding tert-OH is 1. The van der Waals surface area contributed by atoms with Gasteiger partial charge in [-0.1, -0.05) is 0 Å². The Morgan fingerprint density at radius 1 is 1.45 bits per heavy atom. The van der Waals surface area contributed by atoms with Crippen LogP contribution in [0.1, 0.15) is 6.42 Å². The van der Waals surface area contributed by atoms with Gasteiger partial charge in [0.2, 0.25) is 0 Å². The highest BCUT2D eigenvalue weighted by molar-refractivity contribution is 9.10. The second kappa shape index (κ2) is 7.71. The van der Waals surface area contributed by atoms with Crippen molar-refractivity contribution in [3.05, 3.63) is 22.7 Å². The minimum absolute atomic E-state index is 0.0486. The van der Waals surface area contributed by atoms with Crippen molar-refractivity contribution in [2.75, 3.05) is 19.0 Å². The van der Waals surface area contributed by atoms with Crippen molar-refractivity contribution in [3.63, 3.8) is 0 Å². The second-order valence-corrected chi connectivity index (χ2v) is 4.73. The number of methoxy groups -OCH3 is 1. The molecule has 0 aliphatic rings. The fraction of sp³-hybridized carbons (Fsp3) is 0.333. The van der Waals surface area contributed by atoms with Crippen LogP contribution in [-0.2, 0) is 4.79 Å². The molecule has 0 saturated heterocycles. The number of benzene rings is 1. The summed E-state index contributed by atoms with van der Waals surface area (Å²) in [7, 11) is 1.51. The van der Waals surface area contributed by atoms with Crippen molar-refractivity contribution in [3.8, 4) is 5.75 Å². The number of rotatable bonds is 6. The Morgan fingerprint density at radius 3 is 2.75 bits per heavy atom. The molecule has 110 valence electrons. The zero-order valence-corrected chi connectivity index (χ0v) is 12.3. The molecule has 0 aliphatic heterocycles. The van der Waals surface area contributed by atoms with Crippen LogP contribution in [0.25, 0.3) is 0 Å². The zero-order chi connectivity index (χ0) is 15.1. The largest absolute Gasteiger partial charge is 0.495 e. The molecule has 0 aliphatic carbocycles. The highest BCUT2D eigenvalue weighted by Crippen LogP contribution is 2.27. The number of hydrogen-bond donors (Lipinski definition) is 4. The highest BCUT2D eigenvalue weighted by atomic mass is 79.9. The van der Waals surface area contributed by atoms with Crippen LogP contribution in [0, 0.1) is 0 Å². The summed E-state index contributed by atoms with van der Waals surface area (Å²) in [4.78, 5) is 21.9. The van der Waals surface area contributed by atoms with Crippen LogP contribution < -0.4 is 15.4 Å². The molecule has 8 heteroatoms. The lowest BCUT2D eigenvalue weighted by Gasteiger charge is -2.10. The van der Waals surface area contributed by atoms with Gasteiger partial charge in [0, 0.05) is 24.7 Å². The summed E-state index contributed by atoms with van der Waals surface area (Å²) in [6.07, 6.45) is -1.55. The van der Waals surface area contributed by atoms with Crippen LogP contribution in [-0.4, -0.2) is 42.0 Å². The Bertz CT molecular complexity index is 495. The average molecular weight is 347 g/mol. The van der Waals surface area contributed by atoms with Gasteiger partial charge in [0.05, 0.1) is 11.6 Å². The normalized spacial score (nSPS) is 11.6. The van der Waals surface area contributed by atoms with E-state index in [1.165, 1.54) is 7.11 Å². The van der Waals surface area contributed by atoms with Crippen LogP contribution in [0.15, 0.2) is 22.7 Å². The average Bonchev–Trinajstić information content (AvgIpc) is 2.40. The van der Waals surface area contributed by atoms with E-state index in [0.29, 0.717) is 11.4 Å². The molecule has 1 aromatic rings. The van der Waals surface area contributed by atoms with Gasteiger partial charge in [0.15, 0.2) is 6.10 Å². The predicted octanol–water partition coefficient (Wildman–Crippen LogP) is 1.41. The third-order valence-corrected chi connectivity index (χ3v) is 3.05. The number of carbonyl (C=O) groups is 2. The number of anilines is 1. The Labute approximate surface area is 124 Å². The Balaban J connectivity index is 2.44. The van der Waals surface area contributed by atoms with Crippen molar-refractivity contribution in [2.24, 2.45) is 0 Å².